The molecule has 0 saturated heterocycles. The number of halogens is 1. The largest absolute Gasteiger partial charge is 0.545 e. The van der Waals surface area contributed by atoms with Crippen molar-refractivity contribution in [1.82, 2.24) is 0 Å². The number of carbonyl (C=O) groups excluding carboxylic acids is 2. The lowest BCUT2D eigenvalue weighted by Crippen LogP contribution is -2.24. The molecule has 2 aromatic carbocycles. The Kier molecular flexibility index (Phi) is 2.25. The molecule has 0 amide bonds. The summed E-state index contributed by atoms with van der Waals surface area (Å²) in [7, 11) is 0. The van der Waals surface area contributed by atoms with Crippen molar-refractivity contribution >= 4 is 23.4 Å². The molecule has 0 radical (unpaired) electrons. The summed E-state index contributed by atoms with van der Waals surface area (Å²) in [5.74, 6) is -1.67. The van der Waals surface area contributed by atoms with Gasteiger partial charge in [-0.25, -0.2) is 0 Å². The first kappa shape index (κ1) is 11.0. The van der Waals surface area contributed by atoms with Gasteiger partial charge in [0.05, 0.1) is 5.97 Å². The van der Waals surface area contributed by atoms with Gasteiger partial charge in [0.2, 0.25) is 0 Å². The smallest absolute Gasteiger partial charge is 0.194 e. The van der Waals surface area contributed by atoms with Crippen molar-refractivity contribution in [2.24, 2.45) is 0 Å². The van der Waals surface area contributed by atoms with Crippen molar-refractivity contribution in [3.05, 3.63) is 58.1 Å². The number of carboxylic acids is 1. The van der Waals surface area contributed by atoms with Gasteiger partial charge in [-0.15, -0.1) is 0 Å². The van der Waals surface area contributed by atoms with Gasteiger partial charge in [-0.3, -0.25) is 4.79 Å². The van der Waals surface area contributed by atoms with E-state index >= 15 is 0 Å². The summed E-state index contributed by atoms with van der Waals surface area (Å²) in [6, 6.07) is 9.65. The zero-order valence-corrected chi connectivity index (χ0v) is 9.82. The van der Waals surface area contributed by atoms with Crippen molar-refractivity contribution in [2.45, 2.75) is 0 Å². The van der Waals surface area contributed by atoms with Crippen LogP contribution in [0, 0.1) is 0 Å². The van der Waals surface area contributed by atoms with Crippen molar-refractivity contribution in [3.63, 3.8) is 0 Å². The van der Waals surface area contributed by atoms with Gasteiger partial charge in [0.25, 0.3) is 0 Å². The molecule has 4 heteroatoms. The summed E-state index contributed by atoms with van der Waals surface area (Å²) in [5.41, 5.74) is 1.88. The third-order valence-corrected chi connectivity index (χ3v) is 3.26. The quantitative estimate of drug-likeness (QED) is 0.669. The van der Waals surface area contributed by atoms with E-state index in [-0.39, 0.29) is 16.9 Å². The fourth-order valence-corrected chi connectivity index (χ4v) is 2.44. The Labute approximate surface area is 108 Å². The zero-order valence-electron chi connectivity index (χ0n) is 9.07. The van der Waals surface area contributed by atoms with Crippen molar-refractivity contribution in [3.8, 4) is 11.1 Å². The van der Waals surface area contributed by atoms with E-state index in [4.69, 9.17) is 11.6 Å². The Balaban J connectivity index is 2.36. The second-order valence-electron chi connectivity index (χ2n) is 4.03. The first-order valence-corrected chi connectivity index (χ1v) is 5.66. The molecule has 1 aliphatic carbocycles. The number of benzene rings is 2. The highest BCUT2D eigenvalue weighted by atomic mass is 35.5. The van der Waals surface area contributed by atoms with E-state index in [0.29, 0.717) is 21.7 Å². The Morgan fingerprint density at radius 3 is 2.56 bits per heavy atom. The molecule has 3 nitrogen and oxygen atoms in total. The van der Waals surface area contributed by atoms with E-state index in [9.17, 15) is 14.7 Å². The summed E-state index contributed by atoms with van der Waals surface area (Å²) in [4.78, 5) is 23.3. The van der Waals surface area contributed by atoms with Crippen LogP contribution in [0.4, 0.5) is 0 Å². The minimum atomic E-state index is -1.35. The normalized spacial score (nSPS) is 12.2. The maximum atomic E-state index is 12.2. The molecule has 0 atom stereocenters. The number of fused-ring (bicyclic) bond motifs is 3. The fraction of sp³-hybridized carbons (Fsp3) is 0. The van der Waals surface area contributed by atoms with E-state index in [0.717, 1.165) is 0 Å². The molecule has 0 bridgehead atoms. The molecule has 0 heterocycles. The SMILES string of the molecule is O=C([O-])c1cccc2c1C(=O)c1cc(Cl)ccc1-2. The molecule has 0 aliphatic heterocycles. The van der Waals surface area contributed by atoms with Gasteiger partial charge in [-0.05, 0) is 23.3 Å². The molecule has 3 rings (SSSR count). The molecular weight excluding hydrogens is 252 g/mol. The average Bonchev–Trinajstić information content (AvgIpc) is 2.63. The Morgan fingerprint density at radius 1 is 1.06 bits per heavy atom. The van der Waals surface area contributed by atoms with Crippen molar-refractivity contribution in [1.29, 1.82) is 0 Å². The number of hydrogen-bond donors (Lipinski definition) is 0. The minimum absolute atomic E-state index is 0.0789. The van der Waals surface area contributed by atoms with Gasteiger partial charge in [0.1, 0.15) is 0 Å². The van der Waals surface area contributed by atoms with Crippen LogP contribution in [0.5, 0.6) is 0 Å². The van der Waals surface area contributed by atoms with Gasteiger partial charge in [0, 0.05) is 21.7 Å². The maximum absolute atomic E-state index is 12.2. The predicted octanol–water partition coefficient (Wildman–Crippen LogP) is 1.91. The number of hydrogen-bond acceptors (Lipinski definition) is 3. The van der Waals surface area contributed by atoms with Crippen LogP contribution >= 0.6 is 11.6 Å². The number of carbonyl (C=O) groups is 2. The predicted molar refractivity (Wildman–Crippen MR) is 64.7 cm³/mol. The third kappa shape index (κ3) is 1.38. The third-order valence-electron chi connectivity index (χ3n) is 3.03. The summed E-state index contributed by atoms with van der Waals surface area (Å²) < 4.78 is 0. The molecule has 0 N–H and O–H groups in total. The molecule has 0 unspecified atom stereocenters. The van der Waals surface area contributed by atoms with E-state index in [1.807, 2.05) is 0 Å². The van der Waals surface area contributed by atoms with E-state index in [1.54, 1.807) is 30.3 Å². The van der Waals surface area contributed by atoms with Gasteiger partial charge in [0.15, 0.2) is 5.78 Å². The summed E-state index contributed by atoms with van der Waals surface area (Å²) in [6.45, 7) is 0. The van der Waals surface area contributed by atoms with Crippen LogP contribution < -0.4 is 5.11 Å². The van der Waals surface area contributed by atoms with Gasteiger partial charge >= 0.3 is 0 Å². The summed E-state index contributed by atoms with van der Waals surface area (Å²) in [6.07, 6.45) is 0. The van der Waals surface area contributed by atoms with Crippen LogP contribution in [0.1, 0.15) is 26.3 Å². The lowest BCUT2D eigenvalue weighted by Gasteiger charge is -2.07. The molecule has 0 saturated carbocycles. The number of ketones is 1. The average molecular weight is 258 g/mol. The molecule has 88 valence electrons. The highest BCUT2D eigenvalue weighted by molar-refractivity contribution is 6.32. The van der Waals surface area contributed by atoms with Crippen LogP contribution in [0.15, 0.2) is 36.4 Å². The highest BCUT2D eigenvalue weighted by Gasteiger charge is 2.29. The van der Waals surface area contributed by atoms with Gasteiger partial charge < -0.3 is 9.90 Å². The van der Waals surface area contributed by atoms with E-state index in [2.05, 4.69) is 0 Å². The Bertz CT molecular complexity index is 704. The monoisotopic (exact) mass is 257 g/mol. The Morgan fingerprint density at radius 2 is 1.83 bits per heavy atom. The second kappa shape index (κ2) is 3.68. The van der Waals surface area contributed by atoms with Crippen LogP contribution in [0.3, 0.4) is 0 Å². The van der Waals surface area contributed by atoms with Crippen molar-refractivity contribution < 1.29 is 14.7 Å². The van der Waals surface area contributed by atoms with Crippen LogP contribution in [0.2, 0.25) is 5.02 Å². The van der Waals surface area contributed by atoms with Crippen LogP contribution in [0.25, 0.3) is 11.1 Å². The summed E-state index contributed by atoms with van der Waals surface area (Å²) >= 11 is 5.85. The van der Waals surface area contributed by atoms with Crippen molar-refractivity contribution in [2.75, 3.05) is 0 Å². The molecule has 0 aromatic heterocycles. The van der Waals surface area contributed by atoms with Crippen LogP contribution in [-0.4, -0.2) is 11.8 Å². The minimum Gasteiger partial charge on any atom is -0.545 e. The molecule has 0 spiro atoms. The lowest BCUT2D eigenvalue weighted by atomic mass is 10.0. The number of rotatable bonds is 1. The summed E-state index contributed by atoms with van der Waals surface area (Å²) in [5, 5.41) is 11.5. The van der Waals surface area contributed by atoms with Gasteiger partial charge in [-0.1, -0.05) is 35.9 Å². The molecule has 1 aliphatic rings. The molecular formula is C14H6ClO3-. The zero-order chi connectivity index (χ0) is 12.9. The standard InChI is InChI=1S/C14H7ClO3/c15-7-4-5-8-9-2-1-3-10(14(17)18)12(9)13(16)11(8)6-7/h1-6H,(H,17,18)/p-1. The van der Waals surface area contributed by atoms with Crippen LogP contribution in [-0.2, 0) is 0 Å². The molecule has 2 aromatic rings. The highest BCUT2D eigenvalue weighted by Crippen LogP contribution is 2.39. The van der Waals surface area contributed by atoms with Gasteiger partial charge in [-0.2, -0.15) is 0 Å². The second-order valence-corrected chi connectivity index (χ2v) is 4.47. The Hall–Kier alpha value is -2.13. The lowest BCUT2D eigenvalue weighted by molar-refractivity contribution is -0.255. The maximum Gasteiger partial charge on any atom is 0.194 e. The topological polar surface area (TPSA) is 57.2 Å². The fourth-order valence-electron chi connectivity index (χ4n) is 2.27. The first-order valence-electron chi connectivity index (χ1n) is 5.28. The number of carboxylic acid groups (broad SMARTS) is 1. The molecule has 0 fully saturated rings. The van der Waals surface area contributed by atoms with E-state index < -0.39 is 5.97 Å². The van der Waals surface area contributed by atoms with E-state index in [1.165, 1.54) is 6.07 Å². The molecule has 18 heavy (non-hydrogen) atoms. The first-order chi connectivity index (χ1) is 8.59. The number of aromatic carboxylic acids is 1.